The van der Waals surface area contributed by atoms with E-state index in [0.717, 1.165) is 25.1 Å². The van der Waals surface area contributed by atoms with E-state index >= 15 is 0 Å². The molecule has 126 valence electrons. The van der Waals surface area contributed by atoms with Gasteiger partial charge in [0, 0.05) is 36.1 Å². The van der Waals surface area contributed by atoms with Crippen LogP contribution in [0.2, 0.25) is 5.02 Å². The summed E-state index contributed by atoms with van der Waals surface area (Å²) in [6.45, 7) is 2.48. The van der Waals surface area contributed by atoms with Crippen LogP contribution in [0.1, 0.15) is 18.4 Å². The molecule has 0 aliphatic carbocycles. The molecule has 3 rings (SSSR count). The maximum absolute atomic E-state index is 11.9. The molecule has 0 amide bonds. The summed E-state index contributed by atoms with van der Waals surface area (Å²) >= 11 is 5.95. The number of aryl methyl sites for hydroxylation is 1. The second-order valence-corrected chi connectivity index (χ2v) is 6.69. The number of anilines is 1. The molecule has 1 aliphatic heterocycles. The van der Waals surface area contributed by atoms with Gasteiger partial charge in [-0.3, -0.25) is 4.79 Å². The number of hydrogen-bond donors (Lipinski definition) is 0. The Hall–Kier alpha value is -2.00. The molecule has 1 atom stereocenters. The van der Waals surface area contributed by atoms with Crippen molar-refractivity contribution in [1.82, 2.24) is 0 Å². The van der Waals surface area contributed by atoms with Crippen molar-refractivity contribution in [2.75, 3.05) is 24.6 Å². The molecular formula is C20H22ClNO2. The first kappa shape index (κ1) is 16.8. The molecule has 3 nitrogen and oxygen atoms in total. The molecule has 0 radical (unpaired) electrons. The zero-order chi connectivity index (χ0) is 16.8. The van der Waals surface area contributed by atoms with E-state index in [1.165, 1.54) is 5.69 Å². The number of carbonyl (C=O) groups is 1. The van der Waals surface area contributed by atoms with Gasteiger partial charge < -0.3 is 9.64 Å². The fourth-order valence-corrected chi connectivity index (χ4v) is 3.28. The van der Waals surface area contributed by atoms with Gasteiger partial charge in [0.15, 0.2) is 0 Å². The van der Waals surface area contributed by atoms with Gasteiger partial charge in [0.05, 0.1) is 6.61 Å². The maximum atomic E-state index is 11.9. The number of rotatable bonds is 6. The SMILES string of the molecule is O=C(CCc1cccc(Cl)c1)OCC1CCN(c2ccccc2)C1. The summed E-state index contributed by atoms with van der Waals surface area (Å²) < 4.78 is 5.46. The molecule has 1 aliphatic rings. The van der Waals surface area contributed by atoms with Crippen LogP contribution in [-0.4, -0.2) is 25.7 Å². The van der Waals surface area contributed by atoms with Crippen molar-refractivity contribution in [1.29, 1.82) is 0 Å². The predicted octanol–water partition coefficient (Wildman–Crippen LogP) is 4.34. The van der Waals surface area contributed by atoms with Crippen LogP contribution in [0.4, 0.5) is 5.69 Å². The van der Waals surface area contributed by atoms with Crippen LogP contribution in [0.15, 0.2) is 54.6 Å². The number of carbonyl (C=O) groups excluding carboxylic acids is 1. The second-order valence-electron chi connectivity index (χ2n) is 6.25. The zero-order valence-electron chi connectivity index (χ0n) is 13.7. The van der Waals surface area contributed by atoms with Crippen molar-refractivity contribution in [2.24, 2.45) is 5.92 Å². The Balaban J connectivity index is 1.39. The lowest BCUT2D eigenvalue weighted by Crippen LogP contribution is -2.22. The third kappa shape index (κ3) is 4.75. The van der Waals surface area contributed by atoms with Gasteiger partial charge in [0.1, 0.15) is 0 Å². The van der Waals surface area contributed by atoms with Crippen LogP contribution in [0.5, 0.6) is 0 Å². The fraction of sp³-hybridized carbons (Fsp3) is 0.350. The summed E-state index contributed by atoms with van der Waals surface area (Å²) in [6.07, 6.45) is 2.13. The highest BCUT2D eigenvalue weighted by Crippen LogP contribution is 2.23. The Kier molecular flexibility index (Phi) is 5.76. The van der Waals surface area contributed by atoms with Crippen molar-refractivity contribution < 1.29 is 9.53 Å². The van der Waals surface area contributed by atoms with Crippen LogP contribution in [0.25, 0.3) is 0 Å². The van der Waals surface area contributed by atoms with Crippen LogP contribution in [0.3, 0.4) is 0 Å². The topological polar surface area (TPSA) is 29.5 Å². The van der Waals surface area contributed by atoms with Gasteiger partial charge in [-0.05, 0) is 42.7 Å². The molecule has 1 unspecified atom stereocenters. The smallest absolute Gasteiger partial charge is 0.306 e. The third-order valence-electron chi connectivity index (χ3n) is 4.39. The number of nitrogens with zero attached hydrogens (tertiary/aromatic N) is 1. The molecule has 1 saturated heterocycles. The van der Waals surface area contributed by atoms with Crippen LogP contribution in [-0.2, 0) is 16.0 Å². The predicted molar refractivity (Wildman–Crippen MR) is 97.5 cm³/mol. The van der Waals surface area contributed by atoms with Crippen molar-refractivity contribution in [3.63, 3.8) is 0 Å². The lowest BCUT2D eigenvalue weighted by Gasteiger charge is -2.18. The summed E-state index contributed by atoms with van der Waals surface area (Å²) in [7, 11) is 0. The Morgan fingerprint density at radius 1 is 1.17 bits per heavy atom. The van der Waals surface area contributed by atoms with E-state index in [1.54, 1.807) is 0 Å². The molecule has 1 heterocycles. The Labute approximate surface area is 148 Å². The Morgan fingerprint density at radius 2 is 2.00 bits per heavy atom. The number of halogens is 1. The van der Waals surface area contributed by atoms with Crippen LogP contribution < -0.4 is 4.90 Å². The minimum atomic E-state index is -0.131. The van der Waals surface area contributed by atoms with Gasteiger partial charge in [0.25, 0.3) is 0 Å². The first-order valence-electron chi connectivity index (χ1n) is 8.41. The summed E-state index contributed by atoms with van der Waals surface area (Å²) in [4.78, 5) is 14.3. The van der Waals surface area contributed by atoms with Crippen molar-refractivity contribution >= 4 is 23.3 Å². The van der Waals surface area contributed by atoms with Crippen molar-refractivity contribution in [2.45, 2.75) is 19.3 Å². The van der Waals surface area contributed by atoms with Gasteiger partial charge in [-0.2, -0.15) is 0 Å². The van der Waals surface area contributed by atoms with Gasteiger partial charge in [-0.25, -0.2) is 0 Å². The van der Waals surface area contributed by atoms with Gasteiger partial charge in [-0.1, -0.05) is 41.9 Å². The van der Waals surface area contributed by atoms with Crippen molar-refractivity contribution in [3.8, 4) is 0 Å². The molecular weight excluding hydrogens is 322 g/mol. The Bertz CT molecular complexity index is 674. The first-order valence-corrected chi connectivity index (χ1v) is 8.78. The molecule has 0 spiro atoms. The second kappa shape index (κ2) is 8.20. The highest BCUT2D eigenvalue weighted by Gasteiger charge is 2.23. The zero-order valence-corrected chi connectivity index (χ0v) is 14.4. The molecule has 24 heavy (non-hydrogen) atoms. The molecule has 0 aromatic heterocycles. The number of benzene rings is 2. The Morgan fingerprint density at radius 3 is 2.79 bits per heavy atom. The summed E-state index contributed by atoms with van der Waals surface area (Å²) in [5.41, 5.74) is 2.31. The monoisotopic (exact) mass is 343 g/mol. The summed E-state index contributed by atoms with van der Waals surface area (Å²) in [5.74, 6) is 0.286. The summed E-state index contributed by atoms with van der Waals surface area (Å²) in [6, 6.07) is 18.0. The lowest BCUT2D eigenvalue weighted by atomic mass is 10.1. The maximum Gasteiger partial charge on any atom is 0.306 e. The van der Waals surface area contributed by atoms with Gasteiger partial charge in [0.2, 0.25) is 0 Å². The number of esters is 1. The fourth-order valence-electron chi connectivity index (χ4n) is 3.06. The summed E-state index contributed by atoms with van der Waals surface area (Å²) in [5, 5.41) is 0.702. The van der Waals surface area contributed by atoms with Crippen LogP contribution in [0, 0.1) is 5.92 Å². The van der Waals surface area contributed by atoms with E-state index in [9.17, 15) is 4.79 Å². The standard InChI is InChI=1S/C20H22ClNO2/c21-18-6-4-5-16(13-18)9-10-20(23)24-15-17-11-12-22(14-17)19-7-2-1-3-8-19/h1-8,13,17H,9-12,14-15H2. The van der Waals surface area contributed by atoms with Crippen molar-refractivity contribution in [3.05, 3.63) is 65.2 Å². The van der Waals surface area contributed by atoms with E-state index in [0.29, 0.717) is 30.4 Å². The molecule has 2 aromatic rings. The molecule has 2 aromatic carbocycles. The van der Waals surface area contributed by atoms with Crippen LogP contribution >= 0.6 is 11.6 Å². The average Bonchev–Trinajstić information content (AvgIpc) is 3.08. The van der Waals surface area contributed by atoms with E-state index < -0.39 is 0 Å². The lowest BCUT2D eigenvalue weighted by molar-refractivity contribution is -0.144. The first-order chi connectivity index (χ1) is 11.7. The minimum absolute atomic E-state index is 0.131. The normalized spacial score (nSPS) is 17.0. The van der Waals surface area contributed by atoms with E-state index in [2.05, 4.69) is 29.2 Å². The number of hydrogen-bond acceptors (Lipinski definition) is 3. The molecule has 0 N–H and O–H groups in total. The van der Waals surface area contributed by atoms with E-state index in [-0.39, 0.29) is 5.97 Å². The molecule has 0 saturated carbocycles. The highest BCUT2D eigenvalue weighted by atomic mass is 35.5. The largest absolute Gasteiger partial charge is 0.465 e. The van der Waals surface area contributed by atoms with Gasteiger partial charge >= 0.3 is 5.97 Å². The van der Waals surface area contributed by atoms with E-state index in [1.807, 2.05) is 30.3 Å². The third-order valence-corrected chi connectivity index (χ3v) is 4.63. The number of para-hydroxylation sites is 1. The van der Waals surface area contributed by atoms with Gasteiger partial charge in [-0.15, -0.1) is 0 Å². The molecule has 4 heteroatoms. The quantitative estimate of drug-likeness (QED) is 0.731. The number of ether oxygens (including phenoxy) is 1. The van der Waals surface area contributed by atoms with E-state index in [4.69, 9.17) is 16.3 Å². The average molecular weight is 344 g/mol. The minimum Gasteiger partial charge on any atom is -0.465 e. The molecule has 1 fully saturated rings. The molecule has 0 bridgehead atoms. The highest BCUT2D eigenvalue weighted by molar-refractivity contribution is 6.30.